The van der Waals surface area contributed by atoms with Gasteiger partial charge in [0.05, 0.1) is 11.1 Å². The summed E-state index contributed by atoms with van der Waals surface area (Å²) in [5.41, 5.74) is 3.75. The Morgan fingerprint density at radius 1 is 0.744 bits per heavy atom. The molecule has 0 radical (unpaired) electrons. The molecule has 39 heavy (non-hydrogen) atoms. The molecule has 0 aromatic heterocycles. The highest BCUT2D eigenvalue weighted by Crippen LogP contribution is 2.27. The Balaban J connectivity index is 1.54. The zero-order valence-corrected chi connectivity index (χ0v) is 24.4. The van der Waals surface area contributed by atoms with Crippen LogP contribution in [0.2, 0.25) is 0 Å². The van der Waals surface area contributed by atoms with E-state index in [9.17, 15) is 9.59 Å². The van der Waals surface area contributed by atoms with E-state index in [1.165, 1.54) is 0 Å². The van der Waals surface area contributed by atoms with Crippen molar-refractivity contribution in [1.29, 1.82) is 0 Å². The number of rotatable bonds is 11. The molecule has 3 aromatic rings. The van der Waals surface area contributed by atoms with Crippen molar-refractivity contribution in [2.45, 2.75) is 71.6 Å². The Labute approximate surface area is 233 Å². The first-order valence-corrected chi connectivity index (χ1v) is 13.4. The van der Waals surface area contributed by atoms with Crippen molar-refractivity contribution in [1.82, 2.24) is 10.6 Å². The minimum absolute atomic E-state index is 0.00123. The lowest BCUT2D eigenvalue weighted by Gasteiger charge is -2.33. The van der Waals surface area contributed by atoms with Crippen LogP contribution in [0.15, 0.2) is 85.4 Å². The van der Waals surface area contributed by atoms with Gasteiger partial charge >= 0.3 is 6.03 Å². The minimum Gasteiger partial charge on any atom is -0.371 e. The fourth-order valence-corrected chi connectivity index (χ4v) is 4.35. The van der Waals surface area contributed by atoms with Crippen LogP contribution >= 0.6 is 0 Å². The molecular formula is C34H42N2O3. The van der Waals surface area contributed by atoms with Crippen LogP contribution in [-0.4, -0.2) is 24.0 Å². The van der Waals surface area contributed by atoms with Crippen LogP contribution in [0.1, 0.15) is 87.5 Å². The maximum Gasteiger partial charge on any atom is 0.315 e. The second-order valence-electron chi connectivity index (χ2n) is 11.8. The van der Waals surface area contributed by atoms with Gasteiger partial charge < -0.3 is 15.4 Å². The van der Waals surface area contributed by atoms with Crippen LogP contribution in [0, 0.1) is 0 Å². The normalized spacial score (nSPS) is 12.1. The van der Waals surface area contributed by atoms with Gasteiger partial charge in [0.25, 0.3) is 0 Å². The Hall–Kier alpha value is -3.70. The number of carbonyl (C=O) groups is 2. The van der Waals surface area contributed by atoms with Crippen LogP contribution < -0.4 is 10.6 Å². The third-order valence-electron chi connectivity index (χ3n) is 7.02. The lowest BCUT2D eigenvalue weighted by atomic mass is 9.91. The van der Waals surface area contributed by atoms with Crippen LogP contribution in [-0.2, 0) is 15.9 Å². The summed E-state index contributed by atoms with van der Waals surface area (Å²) in [5.74, 6) is -0.00123. The van der Waals surface area contributed by atoms with Crippen LogP contribution in [0.25, 0.3) is 5.57 Å². The molecule has 0 saturated carbocycles. The van der Waals surface area contributed by atoms with E-state index in [1.807, 2.05) is 121 Å². The zero-order valence-electron chi connectivity index (χ0n) is 24.4. The van der Waals surface area contributed by atoms with Crippen LogP contribution in [0.3, 0.4) is 0 Å². The monoisotopic (exact) mass is 526 g/mol. The van der Waals surface area contributed by atoms with Crippen LogP contribution in [0.5, 0.6) is 0 Å². The summed E-state index contributed by atoms with van der Waals surface area (Å²) in [5, 5.41) is 6.20. The summed E-state index contributed by atoms with van der Waals surface area (Å²) in [6, 6.07) is 24.7. The number of ether oxygens (including phenoxy) is 1. The van der Waals surface area contributed by atoms with E-state index < -0.39 is 16.7 Å². The van der Waals surface area contributed by atoms with Gasteiger partial charge in [-0.3, -0.25) is 4.79 Å². The standard InChI is InChI=1S/C34H42N2O3/c1-24(2)27-15-12-16-29(23-27)33(5,6)36-31(38)35-32(3,4)21-22-39-34(7,8)28-19-17-26(18-20-28)30(37)25-13-10-9-11-14-25/h9-20,23H,1,21-22H2,2-8H3,(H2,35,36,38). The average Bonchev–Trinajstić information content (AvgIpc) is 2.88. The largest absolute Gasteiger partial charge is 0.371 e. The molecule has 0 fully saturated rings. The number of hydrogen-bond donors (Lipinski definition) is 2. The first-order valence-electron chi connectivity index (χ1n) is 13.4. The molecular weight excluding hydrogens is 484 g/mol. The van der Waals surface area contributed by atoms with Gasteiger partial charge in [-0.25, -0.2) is 4.79 Å². The van der Waals surface area contributed by atoms with Crippen molar-refractivity contribution in [3.05, 3.63) is 113 Å². The number of amides is 2. The Morgan fingerprint density at radius 2 is 1.33 bits per heavy atom. The number of hydrogen-bond acceptors (Lipinski definition) is 3. The molecule has 5 heteroatoms. The third-order valence-corrected chi connectivity index (χ3v) is 7.02. The van der Waals surface area contributed by atoms with E-state index in [4.69, 9.17) is 4.74 Å². The molecule has 3 aromatic carbocycles. The number of ketones is 1. The Kier molecular flexibility index (Phi) is 9.18. The summed E-state index contributed by atoms with van der Waals surface area (Å²) in [6.45, 7) is 18.4. The maximum atomic E-state index is 12.9. The van der Waals surface area contributed by atoms with E-state index in [0.717, 1.165) is 22.3 Å². The van der Waals surface area contributed by atoms with Crippen LogP contribution in [0.4, 0.5) is 4.79 Å². The van der Waals surface area contributed by atoms with Gasteiger partial charge in [0.2, 0.25) is 0 Å². The van der Waals surface area contributed by atoms with E-state index in [1.54, 1.807) is 0 Å². The second kappa shape index (κ2) is 12.0. The third kappa shape index (κ3) is 8.14. The maximum absolute atomic E-state index is 12.9. The fourth-order valence-electron chi connectivity index (χ4n) is 4.35. The van der Waals surface area contributed by atoms with Crippen molar-refractivity contribution in [2.24, 2.45) is 0 Å². The molecule has 0 unspecified atom stereocenters. The smallest absolute Gasteiger partial charge is 0.315 e. The molecule has 0 aliphatic carbocycles. The van der Waals surface area contributed by atoms with E-state index >= 15 is 0 Å². The molecule has 0 atom stereocenters. The summed E-state index contributed by atoms with van der Waals surface area (Å²) in [7, 11) is 0. The minimum atomic E-state index is -0.557. The molecule has 5 nitrogen and oxygen atoms in total. The van der Waals surface area contributed by atoms with Crippen molar-refractivity contribution < 1.29 is 14.3 Å². The van der Waals surface area contributed by atoms with E-state index in [-0.39, 0.29) is 11.8 Å². The average molecular weight is 527 g/mol. The first-order chi connectivity index (χ1) is 18.2. The van der Waals surface area contributed by atoms with Crippen molar-refractivity contribution in [2.75, 3.05) is 6.61 Å². The predicted molar refractivity (Wildman–Crippen MR) is 160 cm³/mol. The van der Waals surface area contributed by atoms with E-state index in [2.05, 4.69) is 23.3 Å². The highest BCUT2D eigenvalue weighted by molar-refractivity contribution is 6.08. The molecule has 2 N–H and O–H groups in total. The number of carbonyl (C=O) groups excluding carboxylic acids is 2. The van der Waals surface area contributed by atoms with Gasteiger partial charge in [-0.15, -0.1) is 0 Å². The topological polar surface area (TPSA) is 67.4 Å². The zero-order chi connectivity index (χ0) is 28.8. The van der Waals surface area contributed by atoms with Gasteiger partial charge in [0, 0.05) is 23.3 Å². The van der Waals surface area contributed by atoms with Gasteiger partial charge in [-0.2, -0.15) is 0 Å². The summed E-state index contributed by atoms with van der Waals surface area (Å²) in [6.07, 6.45) is 0.625. The molecule has 2 amide bonds. The lowest BCUT2D eigenvalue weighted by Crippen LogP contribution is -2.53. The van der Waals surface area contributed by atoms with Gasteiger partial charge in [0.1, 0.15) is 0 Å². The molecule has 0 saturated heterocycles. The lowest BCUT2D eigenvalue weighted by molar-refractivity contribution is -0.0288. The molecule has 0 heterocycles. The summed E-state index contributed by atoms with van der Waals surface area (Å²) < 4.78 is 6.26. The summed E-state index contributed by atoms with van der Waals surface area (Å²) >= 11 is 0. The van der Waals surface area contributed by atoms with Gasteiger partial charge in [-0.05, 0) is 77.6 Å². The first kappa shape index (κ1) is 29.9. The van der Waals surface area contributed by atoms with Crippen molar-refractivity contribution in [3.63, 3.8) is 0 Å². The number of allylic oxidation sites excluding steroid dienone is 1. The Bertz CT molecular complexity index is 1310. The number of nitrogens with one attached hydrogen (secondary N) is 2. The Morgan fingerprint density at radius 3 is 1.95 bits per heavy atom. The van der Waals surface area contributed by atoms with Gasteiger partial charge in [-0.1, -0.05) is 84.9 Å². The van der Waals surface area contributed by atoms with E-state index in [0.29, 0.717) is 24.2 Å². The molecule has 0 spiro atoms. The SMILES string of the molecule is C=C(C)c1cccc(C(C)(C)NC(=O)NC(C)(C)CCOC(C)(C)c2ccc(C(=O)c3ccccc3)cc2)c1. The summed E-state index contributed by atoms with van der Waals surface area (Å²) in [4.78, 5) is 25.6. The van der Waals surface area contributed by atoms with Gasteiger partial charge in [0.15, 0.2) is 5.78 Å². The quantitative estimate of drug-likeness (QED) is 0.253. The van der Waals surface area contributed by atoms with Crippen molar-refractivity contribution >= 4 is 17.4 Å². The molecule has 3 rings (SSSR count). The molecule has 0 aliphatic rings. The number of benzene rings is 3. The number of urea groups is 1. The predicted octanol–water partition coefficient (Wildman–Crippen LogP) is 7.61. The van der Waals surface area contributed by atoms with Crippen molar-refractivity contribution in [3.8, 4) is 0 Å². The molecule has 0 aliphatic heterocycles. The highest BCUT2D eigenvalue weighted by Gasteiger charge is 2.28. The second-order valence-corrected chi connectivity index (χ2v) is 11.8. The highest BCUT2D eigenvalue weighted by atomic mass is 16.5. The molecule has 0 bridgehead atoms. The fraction of sp³-hybridized carbons (Fsp3) is 0.353. The molecule has 206 valence electrons.